The zero-order chi connectivity index (χ0) is 15.1. The Morgan fingerprint density at radius 1 is 1.35 bits per heavy atom. The molecule has 4 nitrogen and oxygen atoms in total. The Bertz CT molecular complexity index is 574. The molecule has 0 saturated carbocycles. The quantitative estimate of drug-likeness (QED) is 0.914. The maximum atomic E-state index is 12.7. The number of alkyl halides is 3. The maximum absolute atomic E-state index is 12.7. The number of carbonyl (C=O) groups is 2. The summed E-state index contributed by atoms with van der Waals surface area (Å²) >= 11 is 5.62. The summed E-state index contributed by atoms with van der Waals surface area (Å²) in [6.45, 7) is 0. The van der Waals surface area contributed by atoms with Crippen molar-refractivity contribution < 1.29 is 27.9 Å². The molecule has 0 bridgehead atoms. The summed E-state index contributed by atoms with van der Waals surface area (Å²) in [6.07, 6.45) is -4.59. The number of nitrogens with zero attached hydrogens (tertiary/aromatic N) is 1. The van der Waals surface area contributed by atoms with Crippen molar-refractivity contribution in [3.8, 4) is 0 Å². The highest BCUT2D eigenvalue weighted by atomic mass is 35.5. The topological polar surface area (TPSA) is 57.6 Å². The molecular formula is C12H9ClF3NO3. The van der Waals surface area contributed by atoms with Gasteiger partial charge in [0.1, 0.15) is 6.04 Å². The molecule has 1 N–H and O–H groups in total. The Morgan fingerprint density at radius 2 is 2.00 bits per heavy atom. The van der Waals surface area contributed by atoms with Crippen LogP contribution in [0.15, 0.2) is 18.2 Å². The van der Waals surface area contributed by atoms with Crippen LogP contribution in [0.25, 0.3) is 0 Å². The maximum Gasteiger partial charge on any atom is 0.416 e. The van der Waals surface area contributed by atoms with Gasteiger partial charge < -0.3 is 5.11 Å². The van der Waals surface area contributed by atoms with E-state index in [4.69, 9.17) is 16.7 Å². The molecular weight excluding hydrogens is 299 g/mol. The monoisotopic (exact) mass is 307 g/mol. The minimum Gasteiger partial charge on any atom is -0.480 e. The van der Waals surface area contributed by atoms with Crippen molar-refractivity contribution >= 4 is 29.2 Å². The number of hydrogen-bond acceptors (Lipinski definition) is 2. The first kappa shape index (κ1) is 14.6. The second-order valence-corrected chi connectivity index (χ2v) is 4.79. The first-order valence-electron chi connectivity index (χ1n) is 5.63. The number of benzene rings is 1. The molecule has 108 valence electrons. The van der Waals surface area contributed by atoms with Gasteiger partial charge in [-0.15, -0.1) is 0 Å². The SMILES string of the molecule is O=C(O)[C@H]1CCC(=O)N1c1cc(Cl)cc(C(F)(F)F)c1. The Labute approximate surface area is 116 Å². The molecule has 0 spiro atoms. The van der Waals surface area contributed by atoms with E-state index in [9.17, 15) is 22.8 Å². The molecule has 1 heterocycles. The lowest BCUT2D eigenvalue weighted by atomic mass is 10.1. The predicted molar refractivity (Wildman–Crippen MR) is 64.6 cm³/mol. The number of rotatable bonds is 2. The second-order valence-electron chi connectivity index (χ2n) is 4.35. The van der Waals surface area contributed by atoms with E-state index < -0.39 is 29.7 Å². The van der Waals surface area contributed by atoms with E-state index in [-0.39, 0.29) is 23.6 Å². The van der Waals surface area contributed by atoms with Gasteiger partial charge in [0.25, 0.3) is 0 Å². The summed E-state index contributed by atoms with van der Waals surface area (Å²) in [4.78, 5) is 23.6. The number of amides is 1. The van der Waals surface area contributed by atoms with Crippen molar-refractivity contribution in [2.24, 2.45) is 0 Å². The van der Waals surface area contributed by atoms with Crippen LogP contribution >= 0.6 is 11.6 Å². The summed E-state index contributed by atoms with van der Waals surface area (Å²) in [5.41, 5.74) is -1.18. The summed E-state index contributed by atoms with van der Waals surface area (Å²) in [7, 11) is 0. The summed E-state index contributed by atoms with van der Waals surface area (Å²) < 4.78 is 38.1. The second kappa shape index (κ2) is 4.97. The lowest BCUT2D eigenvalue weighted by Crippen LogP contribution is -2.38. The Hall–Kier alpha value is -1.76. The molecule has 1 amide bonds. The van der Waals surface area contributed by atoms with E-state index >= 15 is 0 Å². The van der Waals surface area contributed by atoms with Crippen molar-refractivity contribution in [2.75, 3.05) is 4.90 Å². The number of halogens is 4. The fourth-order valence-electron chi connectivity index (χ4n) is 2.12. The Morgan fingerprint density at radius 3 is 2.55 bits per heavy atom. The van der Waals surface area contributed by atoms with Crippen LogP contribution in [0, 0.1) is 0 Å². The molecule has 1 atom stereocenters. The van der Waals surface area contributed by atoms with Gasteiger partial charge >= 0.3 is 12.1 Å². The fourth-order valence-corrected chi connectivity index (χ4v) is 2.35. The molecule has 1 saturated heterocycles. The highest BCUT2D eigenvalue weighted by Gasteiger charge is 2.39. The molecule has 1 aliphatic heterocycles. The lowest BCUT2D eigenvalue weighted by molar-refractivity contribution is -0.139. The smallest absolute Gasteiger partial charge is 0.416 e. The summed E-state index contributed by atoms with van der Waals surface area (Å²) in [5, 5.41) is 8.80. The van der Waals surface area contributed by atoms with Crippen LogP contribution in [0.1, 0.15) is 18.4 Å². The number of carboxylic acids is 1. The van der Waals surface area contributed by atoms with Gasteiger partial charge in [0.15, 0.2) is 0 Å². The van der Waals surface area contributed by atoms with E-state index in [0.717, 1.165) is 23.1 Å². The van der Waals surface area contributed by atoms with Crippen LogP contribution < -0.4 is 4.90 Å². The Kier molecular flexibility index (Phi) is 3.64. The normalized spacial score (nSPS) is 19.5. The molecule has 1 fully saturated rings. The molecule has 2 rings (SSSR count). The third kappa shape index (κ3) is 2.72. The van der Waals surface area contributed by atoms with Crippen molar-refractivity contribution in [2.45, 2.75) is 25.1 Å². The third-order valence-corrected chi connectivity index (χ3v) is 3.20. The molecule has 1 aromatic carbocycles. The van der Waals surface area contributed by atoms with Gasteiger partial charge in [0.05, 0.1) is 5.56 Å². The van der Waals surface area contributed by atoms with Gasteiger partial charge in [-0.2, -0.15) is 13.2 Å². The van der Waals surface area contributed by atoms with Crippen LogP contribution in [-0.4, -0.2) is 23.0 Å². The molecule has 0 aromatic heterocycles. The van der Waals surface area contributed by atoms with Crippen molar-refractivity contribution in [1.29, 1.82) is 0 Å². The minimum atomic E-state index is -4.62. The van der Waals surface area contributed by atoms with Gasteiger partial charge in [-0.1, -0.05) is 11.6 Å². The van der Waals surface area contributed by atoms with Crippen molar-refractivity contribution in [1.82, 2.24) is 0 Å². The van der Waals surface area contributed by atoms with Crippen molar-refractivity contribution in [3.63, 3.8) is 0 Å². The zero-order valence-corrected chi connectivity index (χ0v) is 10.7. The zero-order valence-electron chi connectivity index (χ0n) is 9.95. The molecule has 20 heavy (non-hydrogen) atoms. The average Bonchev–Trinajstić information content (AvgIpc) is 2.69. The number of anilines is 1. The van der Waals surface area contributed by atoms with E-state index in [1.54, 1.807) is 0 Å². The first-order valence-corrected chi connectivity index (χ1v) is 6.00. The van der Waals surface area contributed by atoms with Gasteiger partial charge in [0.2, 0.25) is 5.91 Å². The lowest BCUT2D eigenvalue weighted by Gasteiger charge is -2.23. The number of carbonyl (C=O) groups excluding carboxylic acids is 1. The largest absolute Gasteiger partial charge is 0.480 e. The predicted octanol–water partition coefficient (Wildman–Crippen LogP) is 2.94. The standard InChI is InChI=1S/C12H9ClF3NO3/c13-7-3-6(12(14,15)16)4-8(5-7)17-9(11(19)20)1-2-10(17)18/h3-5,9H,1-2H2,(H,19,20)/t9-/m1/s1. The molecule has 1 aliphatic rings. The highest BCUT2D eigenvalue weighted by Crippen LogP contribution is 2.36. The number of carboxylic acid groups (broad SMARTS) is 1. The average molecular weight is 308 g/mol. The van der Waals surface area contributed by atoms with E-state index in [0.29, 0.717) is 0 Å². The summed E-state index contributed by atoms with van der Waals surface area (Å²) in [6, 6.07) is 1.43. The first-order chi connectivity index (χ1) is 9.20. The minimum absolute atomic E-state index is 0.0230. The van der Waals surface area contributed by atoms with Gasteiger partial charge in [0, 0.05) is 17.1 Å². The highest BCUT2D eigenvalue weighted by molar-refractivity contribution is 6.31. The number of aliphatic carboxylic acids is 1. The van der Waals surface area contributed by atoms with Crippen molar-refractivity contribution in [3.05, 3.63) is 28.8 Å². The molecule has 0 unspecified atom stereocenters. The van der Waals surface area contributed by atoms with Crippen LogP contribution in [-0.2, 0) is 15.8 Å². The van der Waals surface area contributed by atoms with Crippen LogP contribution in [0.5, 0.6) is 0 Å². The Balaban J connectivity index is 2.49. The molecule has 0 radical (unpaired) electrons. The van der Waals surface area contributed by atoms with Gasteiger partial charge in [-0.3, -0.25) is 9.69 Å². The van der Waals surface area contributed by atoms with Crippen LogP contribution in [0.4, 0.5) is 18.9 Å². The molecule has 0 aliphatic carbocycles. The molecule has 1 aromatic rings. The fraction of sp³-hybridized carbons (Fsp3) is 0.333. The van der Waals surface area contributed by atoms with E-state index in [1.165, 1.54) is 0 Å². The van der Waals surface area contributed by atoms with Gasteiger partial charge in [-0.25, -0.2) is 4.79 Å². The van der Waals surface area contributed by atoms with E-state index in [2.05, 4.69) is 0 Å². The molecule has 8 heteroatoms. The van der Waals surface area contributed by atoms with E-state index in [1.807, 2.05) is 0 Å². The number of hydrogen-bond donors (Lipinski definition) is 1. The van der Waals surface area contributed by atoms with Crippen LogP contribution in [0.2, 0.25) is 5.02 Å². The van der Waals surface area contributed by atoms with Crippen LogP contribution in [0.3, 0.4) is 0 Å². The summed E-state index contributed by atoms with van der Waals surface area (Å²) in [5.74, 6) is -1.79. The third-order valence-electron chi connectivity index (χ3n) is 2.99. The van der Waals surface area contributed by atoms with Gasteiger partial charge in [-0.05, 0) is 24.6 Å².